The van der Waals surface area contributed by atoms with Gasteiger partial charge in [-0.2, -0.15) is 14.9 Å². The number of para-hydroxylation sites is 1. The van der Waals surface area contributed by atoms with Gasteiger partial charge in [0.05, 0.1) is 32.6 Å². The molecule has 0 aliphatic rings. The molecule has 1 N–H and O–H groups in total. The van der Waals surface area contributed by atoms with Gasteiger partial charge >= 0.3 is 0 Å². The van der Waals surface area contributed by atoms with Crippen LogP contribution in [0.2, 0.25) is 0 Å². The largest absolute Gasteiger partial charge is 0.497 e. The molecule has 0 unspecified atom stereocenters. The summed E-state index contributed by atoms with van der Waals surface area (Å²) in [6, 6.07) is 13.1. The van der Waals surface area contributed by atoms with Gasteiger partial charge in [-0.05, 0) is 49.5 Å². The standard InChI is InChI=1S/C19H20N4O3S/c1-4-26-17-8-6-5-7-15(17)18-21-22-19(27)23(18)20-12-13-11-14(24-2)9-10-16(13)25-3/h5-12H,4H2,1-3H3,(H,22,27)/b20-12-. The average Bonchev–Trinajstić information content (AvgIpc) is 3.07. The van der Waals surface area contributed by atoms with E-state index in [0.717, 1.165) is 11.1 Å². The first kappa shape index (κ1) is 18.7. The minimum atomic E-state index is 0.370. The van der Waals surface area contributed by atoms with Crippen LogP contribution in [0, 0.1) is 4.77 Å². The minimum Gasteiger partial charge on any atom is -0.497 e. The molecule has 1 heterocycles. The average molecular weight is 384 g/mol. The molecular weight excluding hydrogens is 364 g/mol. The Bertz CT molecular complexity index is 1010. The molecule has 3 aromatic rings. The van der Waals surface area contributed by atoms with Gasteiger partial charge in [-0.25, -0.2) is 5.10 Å². The summed E-state index contributed by atoms with van der Waals surface area (Å²) in [6.45, 7) is 2.48. The van der Waals surface area contributed by atoms with Gasteiger partial charge in [0.15, 0.2) is 5.82 Å². The second-order valence-electron chi connectivity index (χ2n) is 5.45. The normalized spacial score (nSPS) is 10.9. The molecule has 7 nitrogen and oxygen atoms in total. The summed E-state index contributed by atoms with van der Waals surface area (Å²) in [4.78, 5) is 0. The van der Waals surface area contributed by atoms with Gasteiger partial charge in [-0.1, -0.05) is 12.1 Å². The first-order chi connectivity index (χ1) is 13.2. The van der Waals surface area contributed by atoms with Crippen molar-refractivity contribution in [3.63, 3.8) is 0 Å². The molecular formula is C19H20N4O3S. The van der Waals surface area contributed by atoms with E-state index in [4.69, 9.17) is 26.4 Å². The molecule has 0 radical (unpaired) electrons. The number of hydrogen-bond donors (Lipinski definition) is 1. The smallest absolute Gasteiger partial charge is 0.216 e. The van der Waals surface area contributed by atoms with E-state index in [-0.39, 0.29) is 0 Å². The second kappa shape index (κ2) is 8.50. The summed E-state index contributed by atoms with van der Waals surface area (Å²) >= 11 is 5.34. The number of H-pyrrole nitrogens is 1. The summed E-state index contributed by atoms with van der Waals surface area (Å²) in [6.07, 6.45) is 1.65. The number of nitrogens with zero attached hydrogens (tertiary/aromatic N) is 3. The lowest BCUT2D eigenvalue weighted by Crippen LogP contribution is -1.99. The van der Waals surface area contributed by atoms with Crippen molar-refractivity contribution >= 4 is 18.4 Å². The molecule has 2 aromatic carbocycles. The van der Waals surface area contributed by atoms with Crippen molar-refractivity contribution in [3.05, 3.63) is 52.8 Å². The lowest BCUT2D eigenvalue weighted by Gasteiger charge is -2.09. The molecule has 0 saturated carbocycles. The topological polar surface area (TPSA) is 73.7 Å². The number of hydrogen-bond acceptors (Lipinski definition) is 6. The van der Waals surface area contributed by atoms with Crippen LogP contribution >= 0.6 is 12.2 Å². The van der Waals surface area contributed by atoms with Gasteiger partial charge in [0.1, 0.15) is 17.2 Å². The third-order valence-electron chi connectivity index (χ3n) is 3.83. The van der Waals surface area contributed by atoms with Gasteiger partial charge in [-0.15, -0.1) is 0 Å². The maximum absolute atomic E-state index is 5.70. The fraction of sp³-hybridized carbons (Fsp3) is 0.211. The van der Waals surface area contributed by atoms with Crippen molar-refractivity contribution < 1.29 is 14.2 Å². The highest BCUT2D eigenvalue weighted by atomic mass is 32.1. The Morgan fingerprint density at radius 2 is 1.96 bits per heavy atom. The quantitative estimate of drug-likeness (QED) is 0.494. The number of ether oxygens (including phenoxy) is 3. The number of nitrogens with one attached hydrogen (secondary N) is 1. The van der Waals surface area contributed by atoms with Crippen LogP contribution in [-0.4, -0.2) is 41.9 Å². The van der Waals surface area contributed by atoms with Crippen LogP contribution in [0.3, 0.4) is 0 Å². The second-order valence-corrected chi connectivity index (χ2v) is 5.83. The van der Waals surface area contributed by atoms with E-state index in [9.17, 15) is 0 Å². The fourth-order valence-corrected chi connectivity index (χ4v) is 2.75. The Hall–Kier alpha value is -3.13. The number of rotatable bonds is 7. The Morgan fingerprint density at radius 3 is 2.70 bits per heavy atom. The van der Waals surface area contributed by atoms with Crippen LogP contribution in [0.4, 0.5) is 0 Å². The number of methoxy groups -OCH3 is 2. The molecule has 0 fully saturated rings. The van der Waals surface area contributed by atoms with Gasteiger partial charge in [0.2, 0.25) is 4.77 Å². The zero-order valence-corrected chi connectivity index (χ0v) is 16.1. The highest BCUT2D eigenvalue weighted by Gasteiger charge is 2.13. The Labute approximate surface area is 162 Å². The SMILES string of the molecule is CCOc1ccccc1-c1n[nH]c(=S)n1/N=C\c1cc(OC)ccc1OC. The maximum Gasteiger partial charge on any atom is 0.216 e. The van der Waals surface area contributed by atoms with E-state index in [1.165, 1.54) is 0 Å². The first-order valence-electron chi connectivity index (χ1n) is 8.34. The molecule has 0 atom stereocenters. The zero-order chi connectivity index (χ0) is 19.2. The van der Waals surface area contributed by atoms with Crippen molar-refractivity contribution in [1.82, 2.24) is 14.9 Å². The molecule has 0 aliphatic heterocycles. The number of aromatic amines is 1. The molecule has 0 spiro atoms. The number of benzene rings is 2. The van der Waals surface area contributed by atoms with Gasteiger partial charge in [0, 0.05) is 5.56 Å². The van der Waals surface area contributed by atoms with E-state index in [1.54, 1.807) is 25.1 Å². The molecule has 3 rings (SSSR count). The van der Waals surface area contributed by atoms with E-state index in [1.807, 2.05) is 49.4 Å². The molecule has 8 heteroatoms. The van der Waals surface area contributed by atoms with Crippen LogP contribution in [0.25, 0.3) is 11.4 Å². The van der Waals surface area contributed by atoms with Crippen LogP contribution < -0.4 is 14.2 Å². The Balaban J connectivity index is 2.05. The lowest BCUT2D eigenvalue weighted by atomic mass is 10.2. The van der Waals surface area contributed by atoms with E-state index in [2.05, 4.69) is 15.3 Å². The van der Waals surface area contributed by atoms with Crippen molar-refractivity contribution in [3.8, 4) is 28.6 Å². The van der Waals surface area contributed by atoms with Gasteiger partial charge < -0.3 is 14.2 Å². The highest BCUT2D eigenvalue weighted by molar-refractivity contribution is 7.71. The Morgan fingerprint density at radius 1 is 1.15 bits per heavy atom. The van der Waals surface area contributed by atoms with E-state index >= 15 is 0 Å². The summed E-state index contributed by atoms with van der Waals surface area (Å²) in [5, 5.41) is 11.6. The third kappa shape index (κ3) is 4.01. The molecule has 140 valence electrons. The van der Waals surface area contributed by atoms with E-state index < -0.39 is 0 Å². The highest BCUT2D eigenvalue weighted by Crippen LogP contribution is 2.29. The fourth-order valence-electron chi connectivity index (χ4n) is 2.57. The van der Waals surface area contributed by atoms with E-state index in [0.29, 0.717) is 34.5 Å². The maximum atomic E-state index is 5.70. The first-order valence-corrected chi connectivity index (χ1v) is 8.74. The van der Waals surface area contributed by atoms with Crippen LogP contribution in [-0.2, 0) is 0 Å². The lowest BCUT2D eigenvalue weighted by molar-refractivity contribution is 0.341. The molecule has 1 aromatic heterocycles. The van der Waals surface area contributed by atoms with Crippen LogP contribution in [0.15, 0.2) is 47.6 Å². The monoisotopic (exact) mass is 384 g/mol. The molecule has 0 amide bonds. The van der Waals surface area contributed by atoms with Crippen LogP contribution in [0.1, 0.15) is 12.5 Å². The summed E-state index contributed by atoms with van der Waals surface area (Å²) in [7, 11) is 3.21. The summed E-state index contributed by atoms with van der Waals surface area (Å²) in [5.41, 5.74) is 1.55. The predicted octanol–water partition coefficient (Wildman–Crippen LogP) is 3.91. The molecule has 0 aliphatic carbocycles. The Kier molecular flexibility index (Phi) is 5.87. The van der Waals surface area contributed by atoms with Gasteiger partial charge in [-0.3, -0.25) is 0 Å². The zero-order valence-electron chi connectivity index (χ0n) is 15.3. The van der Waals surface area contributed by atoms with Crippen molar-refractivity contribution in [2.24, 2.45) is 5.10 Å². The minimum absolute atomic E-state index is 0.370. The van der Waals surface area contributed by atoms with Crippen molar-refractivity contribution in [2.45, 2.75) is 6.92 Å². The third-order valence-corrected chi connectivity index (χ3v) is 4.09. The summed E-state index contributed by atoms with van der Waals surface area (Å²) < 4.78 is 18.3. The predicted molar refractivity (Wildman–Crippen MR) is 107 cm³/mol. The molecule has 0 bridgehead atoms. The van der Waals surface area contributed by atoms with Crippen molar-refractivity contribution in [2.75, 3.05) is 20.8 Å². The molecule has 0 saturated heterocycles. The van der Waals surface area contributed by atoms with Gasteiger partial charge in [0.25, 0.3) is 0 Å². The van der Waals surface area contributed by atoms with Crippen molar-refractivity contribution in [1.29, 1.82) is 0 Å². The number of aromatic nitrogens is 3. The summed E-state index contributed by atoms with van der Waals surface area (Å²) in [5.74, 6) is 2.65. The van der Waals surface area contributed by atoms with Crippen LogP contribution in [0.5, 0.6) is 17.2 Å². The molecule has 27 heavy (non-hydrogen) atoms.